The molecule has 0 aliphatic heterocycles. The molecule has 1 N–H and O–H groups in total. The second-order valence-corrected chi connectivity index (χ2v) is 13.2. The molecule has 11 nitrogen and oxygen atoms in total. The molecule has 0 amide bonds. The first-order chi connectivity index (χ1) is 16.9. The monoisotopic (exact) mass is 546 g/mol. The molecular formula is C27H50N2O9. The second-order valence-electron chi connectivity index (χ2n) is 13.2. The lowest BCUT2D eigenvalue weighted by atomic mass is 10.1. The Labute approximate surface area is 228 Å². The molecule has 11 heteroatoms. The van der Waals surface area contributed by atoms with E-state index >= 15 is 0 Å². The molecule has 222 valence electrons. The average Bonchev–Trinajstić information content (AvgIpc) is 2.59. The smallest absolute Gasteiger partial charge is 0.326 e. The summed E-state index contributed by atoms with van der Waals surface area (Å²) in [6.07, 6.45) is 0. The Hall–Kier alpha value is -2.24. The van der Waals surface area contributed by atoms with Crippen LogP contribution in [0.5, 0.6) is 0 Å². The van der Waals surface area contributed by atoms with Crippen molar-refractivity contribution in [2.24, 2.45) is 0 Å². The highest BCUT2D eigenvalue weighted by atomic mass is 16.6. The molecule has 0 saturated heterocycles. The lowest BCUT2D eigenvalue weighted by molar-refractivity contribution is -0.168. The van der Waals surface area contributed by atoms with Crippen molar-refractivity contribution in [2.45, 2.75) is 112 Å². The van der Waals surface area contributed by atoms with Crippen molar-refractivity contribution in [3.05, 3.63) is 0 Å². The van der Waals surface area contributed by atoms with Crippen LogP contribution >= 0.6 is 0 Å². The van der Waals surface area contributed by atoms with E-state index in [0.29, 0.717) is 0 Å². The van der Waals surface area contributed by atoms with Gasteiger partial charge in [0, 0.05) is 13.1 Å². The van der Waals surface area contributed by atoms with Crippen LogP contribution in [0.4, 0.5) is 0 Å². The number of esters is 4. The van der Waals surface area contributed by atoms with Gasteiger partial charge >= 0.3 is 23.9 Å². The number of hydrogen-bond donors (Lipinski definition) is 1. The zero-order chi connectivity index (χ0) is 30.1. The molecule has 0 spiro atoms. The standard InChI is InChI=1S/C27H50N2O9/c1-24(2,3)35-20(31)15-28(16-21(32)36-25(4,5)6)13-14-29(17-22(33)37-26(7,8)9)19(18-30)23(34)38-27(10,11)12/h19,30H,13-18H2,1-12H3. The molecular weight excluding hydrogens is 496 g/mol. The summed E-state index contributed by atoms with van der Waals surface area (Å²) in [4.78, 5) is 53.6. The van der Waals surface area contributed by atoms with Gasteiger partial charge in [-0.2, -0.15) is 0 Å². The molecule has 0 rings (SSSR count). The summed E-state index contributed by atoms with van der Waals surface area (Å²) in [5.41, 5.74) is -3.03. The van der Waals surface area contributed by atoms with Crippen LogP contribution in [-0.2, 0) is 38.1 Å². The van der Waals surface area contributed by atoms with E-state index in [2.05, 4.69) is 0 Å². The van der Waals surface area contributed by atoms with Gasteiger partial charge in [0.05, 0.1) is 26.2 Å². The Balaban J connectivity index is 5.91. The van der Waals surface area contributed by atoms with Crippen LogP contribution in [0.3, 0.4) is 0 Å². The fourth-order valence-corrected chi connectivity index (χ4v) is 3.19. The van der Waals surface area contributed by atoms with Crippen molar-refractivity contribution >= 4 is 23.9 Å². The number of carbonyl (C=O) groups is 4. The van der Waals surface area contributed by atoms with Gasteiger partial charge in [-0.15, -0.1) is 0 Å². The molecule has 0 heterocycles. The van der Waals surface area contributed by atoms with Crippen LogP contribution < -0.4 is 0 Å². The van der Waals surface area contributed by atoms with Crippen molar-refractivity contribution in [1.29, 1.82) is 0 Å². The first-order valence-corrected chi connectivity index (χ1v) is 12.9. The van der Waals surface area contributed by atoms with Gasteiger partial charge < -0.3 is 24.1 Å². The van der Waals surface area contributed by atoms with Gasteiger partial charge in [0.25, 0.3) is 0 Å². The van der Waals surface area contributed by atoms with Gasteiger partial charge in [-0.1, -0.05) is 0 Å². The zero-order valence-electron chi connectivity index (χ0n) is 25.4. The summed E-state index contributed by atoms with van der Waals surface area (Å²) in [7, 11) is 0. The maximum Gasteiger partial charge on any atom is 0.326 e. The summed E-state index contributed by atoms with van der Waals surface area (Å²) < 4.78 is 21.7. The van der Waals surface area contributed by atoms with E-state index in [0.717, 1.165) is 0 Å². The molecule has 0 aliphatic rings. The van der Waals surface area contributed by atoms with Gasteiger partial charge in [-0.05, 0) is 83.1 Å². The van der Waals surface area contributed by atoms with Gasteiger partial charge in [0.1, 0.15) is 28.4 Å². The van der Waals surface area contributed by atoms with E-state index in [-0.39, 0.29) is 32.7 Å². The van der Waals surface area contributed by atoms with Crippen LogP contribution in [0, 0.1) is 0 Å². The van der Waals surface area contributed by atoms with Gasteiger partial charge in [-0.25, -0.2) is 0 Å². The van der Waals surface area contributed by atoms with E-state index < -0.39 is 58.9 Å². The number of ether oxygens (including phenoxy) is 4. The quantitative estimate of drug-likeness (QED) is 0.286. The lowest BCUT2D eigenvalue weighted by Gasteiger charge is -2.33. The Morgan fingerprint density at radius 2 is 0.921 bits per heavy atom. The molecule has 1 atom stereocenters. The number of aliphatic hydroxyl groups is 1. The molecule has 38 heavy (non-hydrogen) atoms. The predicted molar refractivity (Wildman–Crippen MR) is 142 cm³/mol. The van der Waals surface area contributed by atoms with Crippen LogP contribution in [0.25, 0.3) is 0 Å². The highest BCUT2D eigenvalue weighted by molar-refractivity contribution is 5.78. The minimum absolute atomic E-state index is 0.0231. The highest BCUT2D eigenvalue weighted by Gasteiger charge is 2.33. The number of aliphatic hydroxyl groups excluding tert-OH is 1. The van der Waals surface area contributed by atoms with E-state index in [4.69, 9.17) is 18.9 Å². The van der Waals surface area contributed by atoms with Crippen LogP contribution in [-0.4, -0.2) is 107 Å². The first-order valence-electron chi connectivity index (χ1n) is 12.9. The third-order valence-electron chi connectivity index (χ3n) is 4.29. The predicted octanol–water partition coefficient (Wildman–Crippen LogP) is 2.32. The summed E-state index contributed by atoms with van der Waals surface area (Å²) in [6.45, 7) is 19.3. The summed E-state index contributed by atoms with van der Waals surface area (Å²) in [5.74, 6) is -2.42. The Kier molecular flexibility index (Phi) is 13.4. The van der Waals surface area contributed by atoms with Gasteiger partial charge in [0.15, 0.2) is 0 Å². The molecule has 0 aromatic rings. The fraction of sp³-hybridized carbons (Fsp3) is 0.852. The van der Waals surface area contributed by atoms with Crippen LogP contribution in [0.15, 0.2) is 0 Å². The maximum atomic E-state index is 12.9. The van der Waals surface area contributed by atoms with E-state index in [1.165, 1.54) is 9.80 Å². The van der Waals surface area contributed by atoms with Gasteiger partial charge in [-0.3, -0.25) is 29.0 Å². The normalized spacial score (nSPS) is 13.8. The number of carbonyl (C=O) groups excluding carboxylic acids is 4. The Morgan fingerprint density at radius 3 is 1.24 bits per heavy atom. The number of rotatable bonds is 12. The minimum atomic E-state index is -1.17. The molecule has 0 aromatic carbocycles. The molecule has 0 aliphatic carbocycles. The largest absolute Gasteiger partial charge is 0.459 e. The average molecular weight is 547 g/mol. The van der Waals surface area contributed by atoms with Crippen LogP contribution in [0.2, 0.25) is 0 Å². The SMILES string of the molecule is CC(C)(C)OC(=O)CN(CCN(CC(=O)OC(C)(C)C)C(CO)C(=O)OC(C)(C)C)CC(=O)OC(C)(C)C. The van der Waals surface area contributed by atoms with Crippen molar-refractivity contribution in [1.82, 2.24) is 9.80 Å². The number of hydrogen-bond acceptors (Lipinski definition) is 11. The summed E-state index contributed by atoms with van der Waals surface area (Å²) >= 11 is 0. The molecule has 0 saturated carbocycles. The van der Waals surface area contributed by atoms with Crippen molar-refractivity contribution in [3.8, 4) is 0 Å². The third kappa shape index (κ3) is 18.1. The highest BCUT2D eigenvalue weighted by Crippen LogP contribution is 2.14. The molecule has 0 aromatic heterocycles. The van der Waals surface area contributed by atoms with E-state index in [1.807, 2.05) is 0 Å². The molecule has 0 radical (unpaired) electrons. The fourth-order valence-electron chi connectivity index (χ4n) is 3.19. The van der Waals surface area contributed by atoms with Crippen LogP contribution in [0.1, 0.15) is 83.1 Å². The summed E-state index contributed by atoms with van der Waals surface area (Å²) in [6, 6.07) is -1.17. The lowest BCUT2D eigenvalue weighted by Crippen LogP contribution is -2.52. The minimum Gasteiger partial charge on any atom is -0.459 e. The zero-order valence-corrected chi connectivity index (χ0v) is 25.4. The van der Waals surface area contributed by atoms with Crippen molar-refractivity contribution in [3.63, 3.8) is 0 Å². The molecule has 1 unspecified atom stereocenters. The number of nitrogens with zero attached hydrogens (tertiary/aromatic N) is 2. The Morgan fingerprint density at radius 1 is 0.579 bits per heavy atom. The Bertz CT molecular complexity index is 769. The summed E-state index contributed by atoms with van der Waals surface area (Å²) in [5, 5.41) is 10.1. The second kappa shape index (κ2) is 14.2. The maximum absolute atomic E-state index is 12.9. The van der Waals surface area contributed by atoms with E-state index in [9.17, 15) is 24.3 Å². The van der Waals surface area contributed by atoms with E-state index in [1.54, 1.807) is 83.1 Å². The first kappa shape index (κ1) is 35.8. The van der Waals surface area contributed by atoms with Crippen molar-refractivity contribution < 1.29 is 43.2 Å². The van der Waals surface area contributed by atoms with Crippen molar-refractivity contribution in [2.75, 3.05) is 39.3 Å². The van der Waals surface area contributed by atoms with Gasteiger partial charge in [0.2, 0.25) is 0 Å². The molecule has 0 bridgehead atoms. The third-order valence-corrected chi connectivity index (χ3v) is 4.29. The topological polar surface area (TPSA) is 132 Å². The molecule has 0 fully saturated rings.